The van der Waals surface area contributed by atoms with Gasteiger partial charge in [0.1, 0.15) is 0 Å². The molecule has 0 bridgehead atoms. The molecule has 1 unspecified atom stereocenters. The second-order valence-electron chi connectivity index (χ2n) is 3.04. The standard InChI is InChI=1S/C6H14O.H3N/c1-5(7)6(2,3)4;/h5,7H,1-4H3;1H3. The molecule has 0 heterocycles. The number of aliphatic hydroxyl groups excluding tert-OH is 1. The fraction of sp³-hybridized carbons (Fsp3) is 1.00. The van der Waals surface area contributed by atoms with E-state index in [1.807, 2.05) is 20.8 Å². The van der Waals surface area contributed by atoms with Crippen LogP contribution >= 0.6 is 0 Å². The van der Waals surface area contributed by atoms with Crippen molar-refractivity contribution in [2.45, 2.75) is 33.8 Å². The normalized spacial score (nSPS) is 14.6. The SMILES string of the molecule is CC(O)C(C)(C)C.N. The molecule has 52 valence electrons. The predicted octanol–water partition coefficient (Wildman–Crippen LogP) is 1.58. The summed E-state index contributed by atoms with van der Waals surface area (Å²) in [7, 11) is 0. The number of hydrogen-bond donors (Lipinski definition) is 2. The van der Waals surface area contributed by atoms with E-state index in [2.05, 4.69) is 0 Å². The van der Waals surface area contributed by atoms with Crippen molar-refractivity contribution >= 4 is 0 Å². The van der Waals surface area contributed by atoms with E-state index in [4.69, 9.17) is 5.11 Å². The zero-order valence-electron chi connectivity index (χ0n) is 6.23. The second-order valence-corrected chi connectivity index (χ2v) is 3.04. The maximum absolute atomic E-state index is 8.89. The van der Waals surface area contributed by atoms with Crippen LogP contribution in [0.2, 0.25) is 0 Å². The van der Waals surface area contributed by atoms with Gasteiger partial charge in [-0.2, -0.15) is 0 Å². The Morgan fingerprint density at radius 1 is 1.25 bits per heavy atom. The lowest BCUT2D eigenvalue weighted by Crippen LogP contribution is -2.21. The zero-order valence-corrected chi connectivity index (χ0v) is 6.23. The molecule has 0 fully saturated rings. The molecule has 4 N–H and O–H groups in total. The summed E-state index contributed by atoms with van der Waals surface area (Å²) in [5, 5.41) is 8.89. The van der Waals surface area contributed by atoms with Gasteiger partial charge in [0.2, 0.25) is 0 Å². The molecule has 0 aliphatic rings. The van der Waals surface area contributed by atoms with Gasteiger partial charge in [0.15, 0.2) is 0 Å². The van der Waals surface area contributed by atoms with E-state index in [0.717, 1.165) is 0 Å². The molecule has 2 heteroatoms. The number of rotatable bonds is 0. The van der Waals surface area contributed by atoms with Crippen molar-refractivity contribution in [3.05, 3.63) is 0 Å². The second kappa shape index (κ2) is 3.05. The Hall–Kier alpha value is -0.0800. The lowest BCUT2D eigenvalue weighted by atomic mass is 9.91. The topological polar surface area (TPSA) is 55.2 Å². The molecule has 0 aliphatic heterocycles. The van der Waals surface area contributed by atoms with Crippen molar-refractivity contribution in [1.29, 1.82) is 0 Å². The van der Waals surface area contributed by atoms with Crippen molar-refractivity contribution in [3.63, 3.8) is 0 Å². The highest BCUT2D eigenvalue weighted by atomic mass is 16.3. The zero-order chi connectivity index (χ0) is 6.08. The Balaban J connectivity index is 0. The first-order valence-corrected chi connectivity index (χ1v) is 2.62. The van der Waals surface area contributed by atoms with E-state index in [-0.39, 0.29) is 17.7 Å². The Bertz CT molecular complexity index is 54.0. The fourth-order valence-electron chi connectivity index (χ4n) is 0. The monoisotopic (exact) mass is 119 g/mol. The number of hydrogen-bond acceptors (Lipinski definition) is 2. The van der Waals surface area contributed by atoms with Gasteiger partial charge in [-0.1, -0.05) is 20.8 Å². The first-order valence-electron chi connectivity index (χ1n) is 2.62. The molecule has 0 aliphatic carbocycles. The highest BCUT2D eigenvalue weighted by molar-refractivity contribution is 4.66. The maximum atomic E-state index is 8.89. The molecular weight excluding hydrogens is 102 g/mol. The minimum Gasteiger partial charge on any atom is -0.393 e. The van der Waals surface area contributed by atoms with E-state index >= 15 is 0 Å². The van der Waals surface area contributed by atoms with Crippen molar-refractivity contribution in [1.82, 2.24) is 6.15 Å². The third-order valence-corrected chi connectivity index (χ3v) is 1.25. The van der Waals surface area contributed by atoms with Crippen LogP contribution in [0.25, 0.3) is 0 Å². The van der Waals surface area contributed by atoms with E-state index in [9.17, 15) is 0 Å². The summed E-state index contributed by atoms with van der Waals surface area (Å²) in [6.07, 6.45) is -0.201. The molecule has 0 spiro atoms. The minimum absolute atomic E-state index is 0. The summed E-state index contributed by atoms with van der Waals surface area (Å²) in [5.41, 5.74) is 0.0556. The van der Waals surface area contributed by atoms with Gasteiger partial charge < -0.3 is 11.3 Å². The van der Waals surface area contributed by atoms with Gasteiger partial charge in [-0.3, -0.25) is 0 Å². The molecule has 0 radical (unpaired) electrons. The minimum atomic E-state index is -0.201. The molecule has 0 saturated heterocycles. The maximum Gasteiger partial charge on any atom is 0.0560 e. The highest BCUT2D eigenvalue weighted by Crippen LogP contribution is 2.17. The van der Waals surface area contributed by atoms with Crippen LogP contribution in [0.4, 0.5) is 0 Å². The van der Waals surface area contributed by atoms with Crippen LogP contribution in [0, 0.1) is 5.41 Å². The van der Waals surface area contributed by atoms with Crippen molar-refractivity contribution in [2.24, 2.45) is 5.41 Å². The third-order valence-electron chi connectivity index (χ3n) is 1.25. The largest absolute Gasteiger partial charge is 0.393 e. The average Bonchev–Trinajstić information content (AvgIpc) is 1.31. The Kier molecular flexibility index (Phi) is 4.12. The first kappa shape index (κ1) is 10.8. The van der Waals surface area contributed by atoms with Crippen LogP contribution in [-0.4, -0.2) is 11.2 Å². The summed E-state index contributed by atoms with van der Waals surface area (Å²) in [4.78, 5) is 0. The quantitative estimate of drug-likeness (QED) is 0.508. The van der Waals surface area contributed by atoms with Gasteiger partial charge in [0.05, 0.1) is 6.10 Å². The van der Waals surface area contributed by atoms with Crippen LogP contribution in [0.15, 0.2) is 0 Å². The van der Waals surface area contributed by atoms with Crippen molar-refractivity contribution < 1.29 is 5.11 Å². The van der Waals surface area contributed by atoms with Gasteiger partial charge in [0, 0.05) is 0 Å². The van der Waals surface area contributed by atoms with Crippen LogP contribution in [0.5, 0.6) is 0 Å². The molecular formula is C6H17NO. The van der Waals surface area contributed by atoms with Gasteiger partial charge >= 0.3 is 0 Å². The van der Waals surface area contributed by atoms with Crippen LogP contribution in [0.1, 0.15) is 27.7 Å². The van der Waals surface area contributed by atoms with Crippen molar-refractivity contribution in [2.75, 3.05) is 0 Å². The van der Waals surface area contributed by atoms with Gasteiger partial charge in [0.25, 0.3) is 0 Å². The summed E-state index contributed by atoms with van der Waals surface area (Å²) in [6, 6.07) is 0. The summed E-state index contributed by atoms with van der Waals surface area (Å²) in [5.74, 6) is 0. The summed E-state index contributed by atoms with van der Waals surface area (Å²) in [6.45, 7) is 7.84. The molecule has 8 heavy (non-hydrogen) atoms. The molecule has 0 saturated carbocycles. The molecule has 0 rings (SSSR count). The van der Waals surface area contributed by atoms with Crippen LogP contribution < -0.4 is 6.15 Å². The van der Waals surface area contributed by atoms with Gasteiger partial charge in [-0.15, -0.1) is 0 Å². The molecule has 0 aromatic heterocycles. The first-order chi connectivity index (χ1) is 2.94. The lowest BCUT2D eigenvalue weighted by molar-refractivity contribution is 0.0801. The Morgan fingerprint density at radius 2 is 1.38 bits per heavy atom. The molecule has 2 nitrogen and oxygen atoms in total. The van der Waals surface area contributed by atoms with E-state index in [1.54, 1.807) is 6.92 Å². The van der Waals surface area contributed by atoms with E-state index < -0.39 is 0 Å². The Morgan fingerprint density at radius 3 is 1.38 bits per heavy atom. The summed E-state index contributed by atoms with van der Waals surface area (Å²) < 4.78 is 0. The van der Waals surface area contributed by atoms with Crippen LogP contribution in [0.3, 0.4) is 0 Å². The predicted molar refractivity (Wildman–Crippen MR) is 36.2 cm³/mol. The van der Waals surface area contributed by atoms with Gasteiger partial charge in [-0.05, 0) is 12.3 Å². The van der Waals surface area contributed by atoms with Gasteiger partial charge in [-0.25, -0.2) is 0 Å². The van der Waals surface area contributed by atoms with E-state index in [1.165, 1.54) is 0 Å². The average molecular weight is 119 g/mol. The van der Waals surface area contributed by atoms with Crippen molar-refractivity contribution in [3.8, 4) is 0 Å². The third kappa shape index (κ3) is 4.09. The number of aliphatic hydroxyl groups is 1. The van der Waals surface area contributed by atoms with Crippen LogP contribution in [-0.2, 0) is 0 Å². The molecule has 0 aromatic carbocycles. The smallest absolute Gasteiger partial charge is 0.0560 e. The molecule has 0 aromatic rings. The highest BCUT2D eigenvalue weighted by Gasteiger charge is 2.15. The summed E-state index contributed by atoms with van der Waals surface area (Å²) >= 11 is 0. The molecule has 0 amide bonds. The Labute approximate surface area is 51.5 Å². The van der Waals surface area contributed by atoms with E-state index in [0.29, 0.717) is 0 Å². The lowest BCUT2D eigenvalue weighted by Gasteiger charge is -2.21. The molecule has 1 atom stereocenters. The fourth-order valence-corrected chi connectivity index (χ4v) is 0.